The Bertz CT molecular complexity index is 657. The van der Waals surface area contributed by atoms with Crippen LogP contribution in [0.25, 0.3) is 0 Å². The van der Waals surface area contributed by atoms with Crippen molar-refractivity contribution in [2.24, 2.45) is 0 Å². The molecule has 1 heterocycles. The molecule has 1 aromatic carbocycles. The monoisotopic (exact) mass is 302 g/mol. The number of nitrogens with one attached hydrogen (secondary N) is 1. The molecule has 0 unspecified atom stereocenters. The van der Waals surface area contributed by atoms with E-state index in [2.05, 4.69) is 10.3 Å². The zero-order valence-corrected chi connectivity index (χ0v) is 13.0. The van der Waals surface area contributed by atoms with Crippen LogP contribution in [0.5, 0.6) is 5.75 Å². The lowest BCUT2D eigenvalue weighted by atomic mass is 10.1. The van der Waals surface area contributed by atoms with Crippen LogP contribution in [0.1, 0.15) is 28.1 Å². The Hall–Kier alpha value is -1.88. The predicted octanol–water partition coefficient (Wildman–Crippen LogP) is 3.27. The third-order valence-electron chi connectivity index (χ3n) is 3.54. The molecule has 2 aromatic rings. The van der Waals surface area contributed by atoms with Gasteiger partial charge in [0.25, 0.3) is 5.91 Å². The van der Waals surface area contributed by atoms with E-state index in [9.17, 15) is 4.79 Å². The maximum absolute atomic E-state index is 11.9. The zero-order chi connectivity index (χ0) is 14.8. The van der Waals surface area contributed by atoms with Gasteiger partial charge in [0.15, 0.2) is 11.7 Å². The quantitative estimate of drug-likeness (QED) is 0.943. The Kier molecular flexibility index (Phi) is 3.92. The number of carbonyl (C=O) groups is 1. The number of amides is 1. The molecule has 110 valence electrons. The fourth-order valence-electron chi connectivity index (χ4n) is 2.41. The van der Waals surface area contributed by atoms with E-state index in [4.69, 9.17) is 4.74 Å². The number of hydrogen-bond acceptors (Lipinski definition) is 4. The summed E-state index contributed by atoms with van der Waals surface area (Å²) in [6.07, 6.45) is 3.29. The van der Waals surface area contributed by atoms with Gasteiger partial charge in [0.2, 0.25) is 0 Å². The standard InChI is InChI=1S/C16H18N2O2S/c1-10-6-7-11(2)13(8-10)20-9-15(19)18-16-17-12-4-3-5-14(12)21-16/h6-8H,3-5,9H2,1-2H3,(H,17,18,19). The van der Waals surface area contributed by atoms with Crippen molar-refractivity contribution in [2.75, 3.05) is 11.9 Å². The Morgan fingerprint density at radius 2 is 2.24 bits per heavy atom. The molecule has 1 N–H and O–H groups in total. The molecular weight excluding hydrogens is 284 g/mol. The highest BCUT2D eigenvalue weighted by molar-refractivity contribution is 7.15. The Morgan fingerprint density at radius 1 is 1.38 bits per heavy atom. The van der Waals surface area contributed by atoms with Gasteiger partial charge in [-0.15, -0.1) is 11.3 Å². The van der Waals surface area contributed by atoms with E-state index >= 15 is 0 Å². The molecule has 0 radical (unpaired) electrons. The third kappa shape index (κ3) is 3.24. The second-order valence-corrected chi connectivity index (χ2v) is 6.43. The minimum Gasteiger partial charge on any atom is -0.483 e. The number of aromatic nitrogens is 1. The molecule has 21 heavy (non-hydrogen) atoms. The largest absolute Gasteiger partial charge is 0.483 e. The lowest BCUT2D eigenvalue weighted by Crippen LogP contribution is -2.20. The number of aryl methyl sites for hydroxylation is 4. The topological polar surface area (TPSA) is 51.2 Å². The van der Waals surface area contributed by atoms with Crippen molar-refractivity contribution in [1.82, 2.24) is 4.98 Å². The smallest absolute Gasteiger partial charge is 0.264 e. The number of rotatable bonds is 4. The molecule has 0 fully saturated rings. The Morgan fingerprint density at radius 3 is 3.05 bits per heavy atom. The maximum Gasteiger partial charge on any atom is 0.264 e. The summed E-state index contributed by atoms with van der Waals surface area (Å²) in [5.74, 6) is 0.593. The summed E-state index contributed by atoms with van der Waals surface area (Å²) in [6.45, 7) is 3.98. The molecule has 0 atom stereocenters. The van der Waals surface area contributed by atoms with E-state index in [1.54, 1.807) is 11.3 Å². The van der Waals surface area contributed by atoms with Crippen molar-refractivity contribution in [3.63, 3.8) is 0 Å². The Labute approximate surface area is 128 Å². The number of ether oxygens (including phenoxy) is 1. The number of nitrogens with zero attached hydrogens (tertiary/aromatic N) is 1. The van der Waals surface area contributed by atoms with Crippen LogP contribution in [-0.4, -0.2) is 17.5 Å². The van der Waals surface area contributed by atoms with E-state index in [1.165, 1.54) is 11.3 Å². The summed E-state index contributed by atoms with van der Waals surface area (Å²) < 4.78 is 5.59. The zero-order valence-electron chi connectivity index (χ0n) is 12.2. The van der Waals surface area contributed by atoms with Crippen LogP contribution < -0.4 is 10.1 Å². The third-order valence-corrected chi connectivity index (χ3v) is 4.62. The van der Waals surface area contributed by atoms with E-state index < -0.39 is 0 Å². The number of hydrogen-bond donors (Lipinski definition) is 1. The van der Waals surface area contributed by atoms with Crippen LogP contribution in [0.4, 0.5) is 5.13 Å². The molecule has 0 saturated heterocycles. The molecule has 0 bridgehead atoms. The van der Waals surface area contributed by atoms with Gasteiger partial charge in [0.1, 0.15) is 5.75 Å². The number of benzene rings is 1. The van der Waals surface area contributed by atoms with Gasteiger partial charge in [0, 0.05) is 4.88 Å². The van der Waals surface area contributed by atoms with Gasteiger partial charge >= 0.3 is 0 Å². The summed E-state index contributed by atoms with van der Waals surface area (Å²) >= 11 is 1.58. The summed E-state index contributed by atoms with van der Waals surface area (Å²) in [4.78, 5) is 17.7. The first-order valence-corrected chi connectivity index (χ1v) is 7.92. The SMILES string of the molecule is Cc1ccc(C)c(OCC(=O)Nc2nc3c(s2)CCC3)c1. The lowest BCUT2D eigenvalue weighted by molar-refractivity contribution is -0.118. The second-order valence-electron chi connectivity index (χ2n) is 5.35. The van der Waals surface area contributed by atoms with Gasteiger partial charge in [-0.25, -0.2) is 4.98 Å². The van der Waals surface area contributed by atoms with Gasteiger partial charge in [-0.05, 0) is 50.3 Å². The van der Waals surface area contributed by atoms with Crippen molar-refractivity contribution in [1.29, 1.82) is 0 Å². The van der Waals surface area contributed by atoms with Crippen molar-refractivity contribution in [3.8, 4) is 5.75 Å². The van der Waals surface area contributed by atoms with Gasteiger partial charge in [-0.2, -0.15) is 0 Å². The number of anilines is 1. The molecule has 5 heteroatoms. The summed E-state index contributed by atoms with van der Waals surface area (Å²) in [5.41, 5.74) is 3.29. The van der Waals surface area contributed by atoms with Gasteiger partial charge in [-0.3, -0.25) is 10.1 Å². The average molecular weight is 302 g/mol. The Balaban J connectivity index is 1.57. The molecule has 4 nitrogen and oxygen atoms in total. The van der Waals surface area contributed by atoms with Gasteiger partial charge in [0.05, 0.1) is 5.69 Å². The van der Waals surface area contributed by atoms with Crippen LogP contribution in [0.3, 0.4) is 0 Å². The second kappa shape index (κ2) is 5.85. The van der Waals surface area contributed by atoms with Gasteiger partial charge < -0.3 is 4.74 Å². The lowest BCUT2D eigenvalue weighted by Gasteiger charge is -2.09. The molecule has 0 aliphatic heterocycles. The maximum atomic E-state index is 11.9. The average Bonchev–Trinajstić information content (AvgIpc) is 3.00. The highest BCUT2D eigenvalue weighted by Gasteiger charge is 2.17. The minimum absolute atomic E-state index is 0.00847. The molecule has 0 spiro atoms. The van der Waals surface area contributed by atoms with Crippen molar-refractivity contribution in [2.45, 2.75) is 33.1 Å². The minimum atomic E-state index is -0.164. The first-order chi connectivity index (χ1) is 10.1. The first-order valence-electron chi connectivity index (χ1n) is 7.10. The number of carbonyl (C=O) groups excluding carboxylic acids is 1. The van der Waals surface area contributed by atoms with E-state index in [0.29, 0.717) is 5.13 Å². The highest BCUT2D eigenvalue weighted by atomic mass is 32.1. The van der Waals surface area contributed by atoms with Crippen LogP contribution in [0.2, 0.25) is 0 Å². The molecule has 1 aromatic heterocycles. The van der Waals surface area contributed by atoms with Gasteiger partial charge in [-0.1, -0.05) is 12.1 Å². The van der Waals surface area contributed by atoms with E-state index in [-0.39, 0.29) is 12.5 Å². The molecule has 1 aliphatic carbocycles. The van der Waals surface area contributed by atoms with Crippen LogP contribution >= 0.6 is 11.3 Å². The van der Waals surface area contributed by atoms with Crippen molar-refractivity contribution in [3.05, 3.63) is 39.9 Å². The number of fused-ring (bicyclic) bond motifs is 1. The summed E-state index contributed by atoms with van der Waals surface area (Å²) in [7, 11) is 0. The fourth-order valence-corrected chi connectivity index (χ4v) is 3.47. The molecule has 1 amide bonds. The highest BCUT2D eigenvalue weighted by Crippen LogP contribution is 2.30. The number of thiazole rings is 1. The first kappa shape index (κ1) is 14.1. The molecule has 0 saturated carbocycles. The molecular formula is C16H18N2O2S. The van der Waals surface area contributed by atoms with E-state index in [0.717, 1.165) is 35.4 Å². The summed E-state index contributed by atoms with van der Waals surface area (Å²) in [5, 5.41) is 3.51. The van der Waals surface area contributed by atoms with E-state index in [1.807, 2.05) is 32.0 Å². The van der Waals surface area contributed by atoms with Crippen LogP contribution in [-0.2, 0) is 17.6 Å². The molecule has 3 rings (SSSR count). The summed E-state index contributed by atoms with van der Waals surface area (Å²) in [6, 6.07) is 5.97. The normalized spacial score (nSPS) is 13.0. The predicted molar refractivity (Wildman–Crippen MR) is 84.2 cm³/mol. The molecule has 1 aliphatic rings. The van der Waals surface area contributed by atoms with Crippen molar-refractivity contribution >= 4 is 22.4 Å². The van der Waals surface area contributed by atoms with Crippen molar-refractivity contribution < 1.29 is 9.53 Å². The van der Waals surface area contributed by atoms with Crippen LogP contribution in [0.15, 0.2) is 18.2 Å². The fraction of sp³-hybridized carbons (Fsp3) is 0.375. The van der Waals surface area contributed by atoms with Crippen LogP contribution in [0, 0.1) is 13.8 Å².